The Kier molecular flexibility index (Phi) is 5.39. The summed E-state index contributed by atoms with van der Waals surface area (Å²) in [4.78, 5) is 2.44. The summed E-state index contributed by atoms with van der Waals surface area (Å²) in [5.74, 6) is 0.968. The molecule has 0 bridgehead atoms. The van der Waals surface area contributed by atoms with Crippen molar-refractivity contribution in [3.05, 3.63) is 47.3 Å². The van der Waals surface area contributed by atoms with Crippen LogP contribution in [0.5, 0.6) is 5.75 Å². The third-order valence-electron chi connectivity index (χ3n) is 3.90. The number of rotatable bonds is 7. The van der Waals surface area contributed by atoms with E-state index in [1.54, 1.807) is 7.11 Å². The predicted octanol–water partition coefficient (Wildman–Crippen LogP) is 3.03. The van der Waals surface area contributed by atoms with Gasteiger partial charge in [-0.25, -0.2) is 0 Å². The SMILES string of the molecule is CCN(CCn1cccn1)Cc1cc(C)c(OC)cc1C. The molecule has 0 fully saturated rings. The Bertz CT molecular complexity index is 564. The average molecular weight is 287 g/mol. The first-order chi connectivity index (χ1) is 10.1. The van der Waals surface area contributed by atoms with Crippen LogP contribution in [0, 0.1) is 13.8 Å². The van der Waals surface area contributed by atoms with Crippen molar-refractivity contribution in [2.24, 2.45) is 0 Å². The second kappa shape index (κ2) is 7.27. The number of aromatic nitrogens is 2. The van der Waals surface area contributed by atoms with Gasteiger partial charge in [-0.15, -0.1) is 0 Å². The van der Waals surface area contributed by atoms with Gasteiger partial charge in [-0.05, 0) is 49.2 Å². The lowest BCUT2D eigenvalue weighted by atomic mass is 10.0. The molecule has 0 saturated carbocycles. The van der Waals surface area contributed by atoms with Gasteiger partial charge < -0.3 is 4.74 Å². The minimum Gasteiger partial charge on any atom is -0.496 e. The van der Waals surface area contributed by atoms with Crippen LogP contribution in [-0.4, -0.2) is 34.9 Å². The average Bonchev–Trinajstić information content (AvgIpc) is 2.99. The minimum atomic E-state index is 0.926. The Morgan fingerprint density at radius 2 is 2.05 bits per heavy atom. The van der Waals surface area contributed by atoms with E-state index < -0.39 is 0 Å². The maximum Gasteiger partial charge on any atom is 0.122 e. The van der Waals surface area contributed by atoms with Crippen LogP contribution < -0.4 is 4.74 Å². The normalized spacial score (nSPS) is 11.1. The number of likely N-dealkylation sites (N-methyl/N-ethyl adjacent to an activating group) is 1. The van der Waals surface area contributed by atoms with Gasteiger partial charge in [0.15, 0.2) is 0 Å². The number of hydrogen-bond donors (Lipinski definition) is 0. The molecule has 0 unspecified atom stereocenters. The molecule has 0 aliphatic carbocycles. The summed E-state index contributed by atoms with van der Waals surface area (Å²) in [6.45, 7) is 10.4. The van der Waals surface area contributed by atoms with Crippen LogP contribution in [0.15, 0.2) is 30.6 Å². The van der Waals surface area contributed by atoms with E-state index in [9.17, 15) is 0 Å². The highest BCUT2D eigenvalue weighted by Crippen LogP contribution is 2.23. The monoisotopic (exact) mass is 287 g/mol. The Labute approximate surface area is 127 Å². The van der Waals surface area contributed by atoms with E-state index in [-0.39, 0.29) is 0 Å². The molecule has 0 N–H and O–H groups in total. The first-order valence-electron chi connectivity index (χ1n) is 7.48. The van der Waals surface area contributed by atoms with Gasteiger partial charge >= 0.3 is 0 Å². The summed E-state index contributed by atoms with van der Waals surface area (Å²) in [6, 6.07) is 6.34. The summed E-state index contributed by atoms with van der Waals surface area (Å²) in [5, 5.41) is 4.26. The van der Waals surface area contributed by atoms with Gasteiger partial charge in [-0.1, -0.05) is 13.0 Å². The van der Waals surface area contributed by atoms with Gasteiger partial charge in [0, 0.05) is 25.5 Å². The molecule has 2 rings (SSSR count). The van der Waals surface area contributed by atoms with Gasteiger partial charge in [-0.2, -0.15) is 5.10 Å². The molecule has 21 heavy (non-hydrogen) atoms. The van der Waals surface area contributed by atoms with Gasteiger partial charge in [0.05, 0.1) is 13.7 Å². The smallest absolute Gasteiger partial charge is 0.122 e. The second-order valence-corrected chi connectivity index (χ2v) is 5.39. The molecule has 0 amide bonds. The fraction of sp³-hybridized carbons (Fsp3) is 0.471. The topological polar surface area (TPSA) is 30.3 Å². The zero-order valence-corrected chi connectivity index (χ0v) is 13.5. The molecule has 1 aromatic carbocycles. The number of ether oxygens (including phenoxy) is 1. The molecule has 0 aliphatic rings. The van der Waals surface area contributed by atoms with Crippen LogP contribution in [0.2, 0.25) is 0 Å². The van der Waals surface area contributed by atoms with E-state index in [0.29, 0.717) is 0 Å². The molecule has 2 aromatic rings. The summed E-state index contributed by atoms with van der Waals surface area (Å²) in [6.07, 6.45) is 3.84. The summed E-state index contributed by atoms with van der Waals surface area (Å²) in [5.41, 5.74) is 3.85. The minimum absolute atomic E-state index is 0.926. The number of benzene rings is 1. The van der Waals surface area contributed by atoms with Crippen molar-refractivity contribution in [1.29, 1.82) is 0 Å². The van der Waals surface area contributed by atoms with Crippen LogP contribution in [0.25, 0.3) is 0 Å². The van der Waals surface area contributed by atoms with E-state index in [0.717, 1.165) is 31.9 Å². The Hall–Kier alpha value is -1.81. The molecule has 1 heterocycles. The Morgan fingerprint density at radius 1 is 1.24 bits per heavy atom. The lowest BCUT2D eigenvalue weighted by Gasteiger charge is -2.22. The van der Waals surface area contributed by atoms with Crippen molar-refractivity contribution >= 4 is 0 Å². The van der Waals surface area contributed by atoms with E-state index in [4.69, 9.17) is 4.74 Å². The van der Waals surface area contributed by atoms with Crippen LogP contribution in [0.1, 0.15) is 23.6 Å². The lowest BCUT2D eigenvalue weighted by Crippen LogP contribution is -2.27. The first kappa shape index (κ1) is 15.6. The summed E-state index contributed by atoms with van der Waals surface area (Å²) in [7, 11) is 1.73. The van der Waals surface area contributed by atoms with E-state index >= 15 is 0 Å². The Morgan fingerprint density at radius 3 is 2.67 bits per heavy atom. The fourth-order valence-corrected chi connectivity index (χ4v) is 2.51. The predicted molar refractivity (Wildman–Crippen MR) is 85.6 cm³/mol. The highest BCUT2D eigenvalue weighted by Gasteiger charge is 2.09. The lowest BCUT2D eigenvalue weighted by molar-refractivity contribution is 0.263. The molecular weight excluding hydrogens is 262 g/mol. The molecule has 0 aliphatic heterocycles. The van der Waals surface area contributed by atoms with Crippen molar-refractivity contribution in [1.82, 2.24) is 14.7 Å². The molecular formula is C17H25N3O. The van der Waals surface area contributed by atoms with Gasteiger partial charge in [0.1, 0.15) is 5.75 Å². The molecule has 0 saturated heterocycles. The number of aryl methyl sites for hydroxylation is 2. The van der Waals surface area contributed by atoms with Crippen molar-refractivity contribution in [3.63, 3.8) is 0 Å². The maximum atomic E-state index is 5.38. The standard InChI is InChI=1S/C17H25N3O/c1-5-19(9-10-20-8-6-7-18-20)13-16-11-15(3)17(21-4)12-14(16)2/h6-8,11-12H,5,9-10,13H2,1-4H3. The zero-order valence-electron chi connectivity index (χ0n) is 13.5. The van der Waals surface area contributed by atoms with Gasteiger partial charge in [-0.3, -0.25) is 9.58 Å². The summed E-state index contributed by atoms with van der Waals surface area (Å²) >= 11 is 0. The van der Waals surface area contributed by atoms with Gasteiger partial charge in [0.2, 0.25) is 0 Å². The zero-order chi connectivity index (χ0) is 15.2. The first-order valence-corrected chi connectivity index (χ1v) is 7.48. The molecule has 4 nitrogen and oxygen atoms in total. The van der Waals surface area contributed by atoms with Crippen LogP contribution in [0.4, 0.5) is 0 Å². The van der Waals surface area contributed by atoms with E-state index in [2.05, 4.69) is 42.9 Å². The third kappa shape index (κ3) is 4.08. The van der Waals surface area contributed by atoms with Gasteiger partial charge in [0.25, 0.3) is 0 Å². The maximum absolute atomic E-state index is 5.38. The van der Waals surface area contributed by atoms with Crippen LogP contribution in [0.3, 0.4) is 0 Å². The molecule has 4 heteroatoms. The van der Waals surface area contributed by atoms with Crippen LogP contribution >= 0.6 is 0 Å². The third-order valence-corrected chi connectivity index (χ3v) is 3.90. The molecule has 0 spiro atoms. The molecule has 0 radical (unpaired) electrons. The van der Waals surface area contributed by atoms with Crippen molar-refractivity contribution in [3.8, 4) is 5.75 Å². The summed E-state index contributed by atoms with van der Waals surface area (Å²) < 4.78 is 7.36. The molecule has 0 atom stereocenters. The van der Waals surface area contributed by atoms with Crippen LogP contribution in [-0.2, 0) is 13.1 Å². The quantitative estimate of drug-likeness (QED) is 0.784. The highest BCUT2D eigenvalue weighted by molar-refractivity contribution is 5.41. The number of methoxy groups -OCH3 is 1. The highest BCUT2D eigenvalue weighted by atomic mass is 16.5. The largest absolute Gasteiger partial charge is 0.496 e. The Balaban J connectivity index is 2.02. The molecule has 114 valence electrons. The van der Waals surface area contributed by atoms with E-state index in [1.807, 2.05) is 23.1 Å². The number of nitrogens with zero attached hydrogens (tertiary/aromatic N) is 3. The second-order valence-electron chi connectivity index (χ2n) is 5.39. The van der Waals surface area contributed by atoms with E-state index in [1.165, 1.54) is 16.7 Å². The molecule has 1 aromatic heterocycles. The van der Waals surface area contributed by atoms with Crippen molar-refractivity contribution in [2.75, 3.05) is 20.2 Å². The number of hydrogen-bond acceptors (Lipinski definition) is 3. The van der Waals surface area contributed by atoms with Crippen molar-refractivity contribution < 1.29 is 4.74 Å². The fourth-order valence-electron chi connectivity index (χ4n) is 2.51. The van der Waals surface area contributed by atoms with Crippen molar-refractivity contribution in [2.45, 2.75) is 33.9 Å².